The van der Waals surface area contributed by atoms with Crippen molar-refractivity contribution in [2.75, 3.05) is 5.75 Å². The summed E-state index contributed by atoms with van der Waals surface area (Å²) in [6, 6.07) is 7.50. The highest BCUT2D eigenvalue weighted by Gasteiger charge is 2.30. The van der Waals surface area contributed by atoms with Gasteiger partial charge in [-0.05, 0) is 25.0 Å². The monoisotopic (exact) mass is 236 g/mol. The van der Waals surface area contributed by atoms with Crippen molar-refractivity contribution < 1.29 is 9.90 Å². The van der Waals surface area contributed by atoms with Crippen molar-refractivity contribution in [1.82, 2.24) is 0 Å². The molecular weight excluding hydrogens is 220 g/mol. The van der Waals surface area contributed by atoms with Crippen LogP contribution in [0.3, 0.4) is 0 Å². The molecule has 0 heterocycles. The van der Waals surface area contributed by atoms with Gasteiger partial charge in [-0.25, -0.2) is 0 Å². The second-order valence-corrected chi connectivity index (χ2v) is 5.46. The lowest BCUT2D eigenvalue weighted by atomic mass is 10.1. The van der Waals surface area contributed by atoms with Crippen LogP contribution in [-0.4, -0.2) is 22.7 Å². The maximum atomic E-state index is 10.5. The number of carbonyl (C=O) groups excluding carboxylic acids is 1. The van der Waals surface area contributed by atoms with Gasteiger partial charge in [0.15, 0.2) is 0 Å². The Morgan fingerprint density at radius 1 is 1.25 bits per heavy atom. The Kier molecular flexibility index (Phi) is 3.66. The largest absolute Gasteiger partial charge is 0.389 e. The van der Waals surface area contributed by atoms with Gasteiger partial charge in [-0.3, -0.25) is 4.79 Å². The van der Waals surface area contributed by atoms with Gasteiger partial charge in [0.25, 0.3) is 0 Å². The molecule has 1 N–H and O–H groups in total. The molecular formula is C13H16O2S. The molecule has 0 aliphatic heterocycles. The van der Waals surface area contributed by atoms with Crippen LogP contribution in [0.25, 0.3) is 0 Å². The van der Waals surface area contributed by atoms with Gasteiger partial charge in [0.2, 0.25) is 0 Å². The minimum absolute atomic E-state index is 0.464. The average molecular weight is 236 g/mol. The van der Waals surface area contributed by atoms with E-state index >= 15 is 0 Å². The predicted molar refractivity (Wildman–Crippen MR) is 66.0 cm³/mol. The number of benzene rings is 1. The summed E-state index contributed by atoms with van der Waals surface area (Å²) in [7, 11) is 0. The van der Waals surface area contributed by atoms with Gasteiger partial charge in [-0.1, -0.05) is 25.0 Å². The van der Waals surface area contributed by atoms with Gasteiger partial charge in [-0.2, -0.15) is 0 Å². The van der Waals surface area contributed by atoms with Crippen molar-refractivity contribution in [2.24, 2.45) is 0 Å². The van der Waals surface area contributed by atoms with Gasteiger partial charge >= 0.3 is 0 Å². The van der Waals surface area contributed by atoms with Gasteiger partial charge in [0, 0.05) is 16.2 Å². The van der Waals surface area contributed by atoms with E-state index in [4.69, 9.17) is 0 Å². The van der Waals surface area contributed by atoms with Gasteiger partial charge < -0.3 is 5.11 Å². The van der Waals surface area contributed by atoms with E-state index < -0.39 is 5.60 Å². The number of aldehydes is 1. The summed E-state index contributed by atoms with van der Waals surface area (Å²) in [5.41, 5.74) is 0.234. The molecule has 0 spiro atoms. The summed E-state index contributed by atoms with van der Waals surface area (Å²) in [6.45, 7) is 0. The van der Waals surface area contributed by atoms with Gasteiger partial charge in [0.05, 0.1) is 5.60 Å². The summed E-state index contributed by atoms with van der Waals surface area (Å²) in [5, 5.41) is 10.2. The van der Waals surface area contributed by atoms with Gasteiger partial charge in [-0.15, -0.1) is 11.8 Å². The van der Waals surface area contributed by atoms with Crippen LogP contribution in [0.1, 0.15) is 36.0 Å². The summed E-state index contributed by atoms with van der Waals surface area (Å²) in [6.07, 6.45) is 4.97. The minimum Gasteiger partial charge on any atom is -0.389 e. The first-order chi connectivity index (χ1) is 7.72. The van der Waals surface area contributed by atoms with Crippen LogP contribution in [0.15, 0.2) is 29.2 Å². The highest BCUT2D eigenvalue weighted by Crippen LogP contribution is 2.34. The third kappa shape index (κ3) is 2.86. The van der Waals surface area contributed by atoms with Crippen LogP contribution in [0.5, 0.6) is 0 Å². The molecule has 1 aromatic rings. The molecule has 1 fully saturated rings. The Morgan fingerprint density at radius 2 is 1.88 bits per heavy atom. The number of rotatable bonds is 4. The lowest BCUT2D eigenvalue weighted by molar-refractivity contribution is 0.0732. The van der Waals surface area contributed by atoms with Crippen molar-refractivity contribution in [3.63, 3.8) is 0 Å². The van der Waals surface area contributed by atoms with Crippen LogP contribution >= 0.6 is 11.8 Å². The normalized spacial score (nSPS) is 18.6. The highest BCUT2D eigenvalue weighted by atomic mass is 32.2. The highest BCUT2D eigenvalue weighted by molar-refractivity contribution is 7.99. The van der Waals surface area contributed by atoms with Crippen LogP contribution < -0.4 is 0 Å². The van der Waals surface area contributed by atoms with Crippen molar-refractivity contribution in [1.29, 1.82) is 0 Å². The first-order valence-electron chi connectivity index (χ1n) is 5.62. The predicted octanol–water partition coefficient (Wildman–Crippen LogP) is 2.90. The molecule has 0 radical (unpaired) electrons. The second-order valence-electron chi connectivity index (χ2n) is 4.41. The van der Waals surface area contributed by atoms with Gasteiger partial charge in [0.1, 0.15) is 6.29 Å². The van der Waals surface area contributed by atoms with E-state index in [-0.39, 0.29) is 0 Å². The molecule has 0 saturated heterocycles. The Balaban J connectivity index is 1.91. The Labute approximate surface area is 100 Å². The zero-order chi connectivity index (χ0) is 11.4. The van der Waals surface area contributed by atoms with E-state index in [0.29, 0.717) is 5.56 Å². The lowest BCUT2D eigenvalue weighted by Crippen LogP contribution is -2.26. The molecule has 0 bridgehead atoms. The summed E-state index contributed by atoms with van der Waals surface area (Å²) >= 11 is 1.67. The molecule has 86 valence electrons. The standard InChI is InChI=1S/C13H16O2S/c14-9-11-3-5-12(6-4-11)16-10-13(15)7-1-2-8-13/h3-6,9,15H,1-2,7-8,10H2. The third-order valence-corrected chi connectivity index (χ3v) is 4.35. The first-order valence-corrected chi connectivity index (χ1v) is 6.61. The lowest BCUT2D eigenvalue weighted by Gasteiger charge is -2.21. The zero-order valence-corrected chi connectivity index (χ0v) is 10.0. The number of hydrogen-bond acceptors (Lipinski definition) is 3. The zero-order valence-electron chi connectivity index (χ0n) is 9.19. The number of thioether (sulfide) groups is 1. The maximum absolute atomic E-state index is 10.5. The fourth-order valence-electron chi connectivity index (χ4n) is 2.04. The van der Waals surface area contributed by atoms with E-state index in [0.717, 1.165) is 42.6 Å². The van der Waals surface area contributed by atoms with Crippen molar-refractivity contribution in [3.8, 4) is 0 Å². The topological polar surface area (TPSA) is 37.3 Å². The molecule has 0 amide bonds. The molecule has 3 heteroatoms. The fourth-order valence-corrected chi connectivity index (χ4v) is 3.09. The van der Waals surface area contributed by atoms with Crippen LogP contribution in [-0.2, 0) is 0 Å². The van der Waals surface area contributed by atoms with Crippen molar-refractivity contribution in [2.45, 2.75) is 36.2 Å². The maximum Gasteiger partial charge on any atom is 0.150 e. The van der Waals surface area contributed by atoms with E-state index in [1.807, 2.05) is 24.3 Å². The Morgan fingerprint density at radius 3 is 2.44 bits per heavy atom. The molecule has 1 aliphatic carbocycles. The SMILES string of the molecule is O=Cc1ccc(SCC2(O)CCCC2)cc1. The molecule has 2 rings (SSSR count). The molecule has 1 aliphatic rings. The average Bonchev–Trinajstić information content (AvgIpc) is 2.75. The van der Waals surface area contributed by atoms with E-state index in [1.54, 1.807) is 11.8 Å². The van der Waals surface area contributed by atoms with Crippen LogP contribution in [0.4, 0.5) is 0 Å². The quantitative estimate of drug-likeness (QED) is 0.645. The summed E-state index contributed by atoms with van der Waals surface area (Å²) in [5.74, 6) is 0.757. The van der Waals surface area contributed by atoms with Crippen LogP contribution in [0.2, 0.25) is 0 Å². The molecule has 0 unspecified atom stereocenters. The smallest absolute Gasteiger partial charge is 0.150 e. The number of hydrogen-bond donors (Lipinski definition) is 1. The fraction of sp³-hybridized carbons (Fsp3) is 0.462. The summed E-state index contributed by atoms with van der Waals surface area (Å²) < 4.78 is 0. The van der Waals surface area contributed by atoms with E-state index in [1.165, 1.54) is 0 Å². The molecule has 1 saturated carbocycles. The summed E-state index contributed by atoms with van der Waals surface area (Å²) in [4.78, 5) is 11.6. The molecule has 2 nitrogen and oxygen atoms in total. The molecule has 16 heavy (non-hydrogen) atoms. The van der Waals surface area contributed by atoms with Crippen LogP contribution in [0, 0.1) is 0 Å². The van der Waals surface area contributed by atoms with Crippen molar-refractivity contribution in [3.05, 3.63) is 29.8 Å². The Bertz CT molecular complexity index is 353. The molecule has 1 aromatic carbocycles. The van der Waals surface area contributed by atoms with E-state index in [2.05, 4.69) is 0 Å². The number of aliphatic hydroxyl groups is 1. The molecule has 0 aromatic heterocycles. The third-order valence-electron chi connectivity index (χ3n) is 3.06. The minimum atomic E-state index is -0.464. The van der Waals surface area contributed by atoms with Crippen molar-refractivity contribution >= 4 is 18.0 Å². The molecule has 0 atom stereocenters. The van der Waals surface area contributed by atoms with E-state index in [9.17, 15) is 9.90 Å². The Hall–Kier alpha value is -0.800. The number of carbonyl (C=O) groups is 1. The first kappa shape index (κ1) is 11.7. The second kappa shape index (κ2) is 5.02.